The largest absolute Gasteiger partial charge is 0.348 e. The summed E-state index contributed by atoms with van der Waals surface area (Å²) in [5.74, 6) is 0.350. The molecular formula is C18H30N2O. The van der Waals surface area contributed by atoms with Crippen LogP contribution in [0.25, 0.3) is 0 Å². The van der Waals surface area contributed by atoms with Crippen molar-refractivity contribution in [3.8, 4) is 0 Å². The number of carbonyl (C=O) groups excluding carboxylic acids is 1. The van der Waals surface area contributed by atoms with Gasteiger partial charge in [-0.25, -0.2) is 0 Å². The lowest BCUT2D eigenvalue weighted by Crippen LogP contribution is -2.42. The molecule has 1 unspecified atom stereocenters. The van der Waals surface area contributed by atoms with Crippen LogP contribution in [0.2, 0.25) is 0 Å². The van der Waals surface area contributed by atoms with Crippen molar-refractivity contribution in [1.29, 1.82) is 0 Å². The van der Waals surface area contributed by atoms with Gasteiger partial charge in [-0.2, -0.15) is 0 Å². The second-order valence-corrected chi connectivity index (χ2v) is 7.34. The summed E-state index contributed by atoms with van der Waals surface area (Å²) in [6.07, 6.45) is 0.710. The van der Waals surface area contributed by atoms with Crippen LogP contribution in [0.5, 0.6) is 0 Å². The van der Waals surface area contributed by atoms with Crippen LogP contribution in [-0.2, 0) is 10.2 Å². The van der Waals surface area contributed by atoms with Gasteiger partial charge in [0.05, 0.1) is 12.1 Å². The summed E-state index contributed by atoms with van der Waals surface area (Å²) in [6.45, 7) is 12.7. The molecule has 0 radical (unpaired) electrons. The average molecular weight is 290 g/mol. The monoisotopic (exact) mass is 290 g/mol. The minimum atomic E-state index is -0.429. The van der Waals surface area contributed by atoms with Gasteiger partial charge in [0.15, 0.2) is 0 Å². The van der Waals surface area contributed by atoms with Gasteiger partial charge < -0.3 is 11.1 Å². The Balaban J connectivity index is 2.67. The van der Waals surface area contributed by atoms with Crippen molar-refractivity contribution >= 4 is 5.91 Å². The molecule has 0 saturated carbocycles. The number of nitrogens with one attached hydrogen (secondary N) is 1. The highest BCUT2D eigenvalue weighted by Crippen LogP contribution is 2.23. The summed E-state index contributed by atoms with van der Waals surface area (Å²) in [5, 5.41) is 3.00. The first-order valence-corrected chi connectivity index (χ1v) is 7.77. The standard InChI is InChI=1S/C18H30N2O/c1-12(2)11-16(19)17(21)20-13(3)14-7-9-15(10-8-14)18(4,5)6/h7-10,12-13,16H,11,19H2,1-6H3,(H,20,21)/t13?,16-/m0/s1. The number of hydrogen-bond acceptors (Lipinski definition) is 2. The molecule has 0 aliphatic rings. The van der Waals surface area contributed by atoms with E-state index in [0.29, 0.717) is 12.3 Å². The fourth-order valence-corrected chi connectivity index (χ4v) is 2.29. The van der Waals surface area contributed by atoms with Crippen LogP contribution in [0.3, 0.4) is 0 Å². The Morgan fingerprint density at radius 2 is 1.67 bits per heavy atom. The van der Waals surface area contributed by atoms with Crippen molar-refractivity contribution in [2.45, 2.75) is 65.5 Å². The lowest BCUT2D eigenvalue weighted by Gasteiger charge is -2.22. The lowest BCUT2D eigenvalue weighted by molar-refractivity contribution is -0.123. The zero-order valence-corrected chi connectivity index (χ0v) is 14.2. The van der Waals surface area contributed by atoms with Gasteiger partial charge in [0.2, 0.25) is 5.91 Å². The molecule has 0 saturated heterocycles. The van der Waals surface area contributed by atoms with Gasteiger partial charge in [-0.3, -0.25) is 4.79 Å². The molecule has 0 heterocycles. The Hall–Kier alpha value is -1.35. The maximum absolute atomic E-state index is 12.1. The van der Waals surface area contributed by atoms with Gasteiger partial charge in [0, 0.05) is 0 Å². The molecule has 3 heteroatoms. The number of hydrogen-bond donors (Lipinski definition) is 2. The van der Waals surface area contributed by atoms with E-state index in [9.17, 15) is 4.79 Å². The molecule has 1 aromatic carbocycles. The minimum absolute atomic E-state index is 0.0234. The van der Waals surface area contributed by atoms with E-state index in [2.05, 4.69) is 64.2 Å². The third-order valence-electron chi connectivity index (χ3n) is 3.70. The minimum Gasteiger partial charge on any atom is -0.348 e. The molecule has 118 valence electrons. The maximum atomic E-state index is 12.1. The first-order chi connectivity index (χ1) is 9.61. The van der Waals surface area contributed by atoms with E-state index in [1.165, 1.54) is 5.56 Å². The molecule has 0 aliphatic heterocycles. The molecule has 21 heavy (non-hydrogen) atoms. The van der Waals surface area contributed by atoms with Crippen LogP contribution in [0.1, 0.15) is 65.1 Å². The summed E-state index contributed by atoms with van der Waals surface area (Å²) in [4.78, 5) is 12.1. The zero-order valence-electron chi connectivity index (χ0n) is 14.2. The molecule has 0 spiro atoms. The smallest absolute Gasteiger partial charge is 0.237 e. The first-order valence-electron chi connectivity index (χ1n) is 7.77. The third-order valence-corrected chi connectivity index (χ3v) is 3.70. The van der Waals surface area contributed by atoms with Gasteiger partial charge in [0.25, 0.3) is 0 Å². The summed E-state index contributed by atoms with van der Waals surface area (Å²) in [7, 11) is 0. The molecule has 1 aromatic rings. The Morgan fingerprint density at radius 3 is 2.10 bits per heavy atom. The van der Waals surface area contributed by atoms with E-state index in [-0.39, 0.29) is 17.4 Å². The number of benzene rings is 1. The van der Waals surface area contributed by atoms with E-state index >= 15 is 0 Å². The Kier molecular flexibility index (Phi) is 5.97. The SMILES string of the molecule is CC(C)C[C@H](N)C(=O)NC(C)c1ccc(C(C)(C)C)cc1. The van der Waals surface area contributed by atoms with E-state index in [4.69, 9.17) is 5.73 Å². The van der Waals surface area contributed by atoms with Crippen LogP contribution in [-0.4, -0.2) is 11.9 Å². The molecular weight excluding hydrogens is 260 g/mol. The first kappa shape index (κ1) is 17.7. The summed E-state index contributed by atoms with van der Waals surface area (Å²) in [5.41, 5.74) is 8.45. The van der Waals surface area contributed by atoms with Gasteiger partial charge in [-0.1, -0.05) is 58.9 Å². The third kappa shape index (κ3) is 5.50. The molecule has 0 aromatic heterocycles. The molecule has 3 N–H and O–H groups in total. The maximum Gasteiger partial charge on any atom is 0.237 e. The van der Waals surface area contributed by atoms with Gasteiger partial charge in [-0.05, 0) is 35.8 Å². The predicted octanol–water partition coefficient (Wildman–Crippen LogP) is 3.53. The molecule has 0 aliphatic carbocycles. The van der Waals surface area contributed by atoms with E-state index < -0.39 is 6.04 Å². The molecule has 1 amide bonds. The van der Waals surface area contributed by atoms with E-state index in [1.807, 2.05) is 6.92 Å². The van der Waals surface area contributed by atoms with Crippen molar-refractivity contribution < 1.29 is 4.79 Å². The normalized spacial score (nSPS) is 14.9. The molecule has 0 fully saturated rings. The Bertz CT molecular complexity index is 457. The molecule has 1 rings (SSSR count). The van der Waals surface area contributed by atoms with E-state index in [1.54, 1.807) is 0 Å². The fraction of sp³-hybridized carbons (Fsp3) is 0.611. The molecule has 3 nitrogen and oxygen atoms in total. The average Bonchev–Trinajstić information content (AvgIpc) is 2.36. The molecule has 2 atom stereocenters. The van der Waals surface area contributed by atoms with Crippen molar-refractivity contribution in [1.82, 2.24) is 5.32 Å². The van der Waals surface area contributed by atoms with Crippen molar-refractivity contribution in [2.24, 2.45) is 11.7 Å². The quantitative estimate of drug-likeness (QED) is 0.871. The topological polar surface area (TPSA) is 55.1 Å². The number of rotatable bonds is 5. The zero-order chi connectivity index (χ0) is 16.2. The molecule has 0 bridgehead atoms. The van der Waals surface area contributed by atoms with Crippen LogP contribution in [0.4, 0.5) is 0 Å². The number of nitrogens with two attached hydrogens (primary N) is 1. The number of carbonyl (C=O) groups is 1. The second-order valence-electron chi connectivity index (χ2n) is 7.34. The Morgan fingerprint density at radius 1 is 1.14 bits per heavy atom. The van der Waals surface area contributed by atoms with Crippen LogP contribution < -0.4 is 11.1 Å². The van der Waals surface area contributed by atoms with Crippen LogP contribution >= 0.6 is 0 Å². The van der Waals surface area contributed by atoms with Crippen molar-refractivity contribution in [2.75, 3.05) is 0 Å². The highest BCUT2D eigenvalue weighted by atomic mass is 16.2. The van der Waals surface area contributed by atoms with Gasteiger partial charge >= 0.3 is 0 Å². The number of amides is 1. The van der Waals surface area contributed by atoms with Gasteiger partial charge in [-0.15, -0.1) is 0 Å². The van der Waals surface area contributed by atoms with Crippen molar-refractivity contribution in [3.63, 3.8) is 0 Å². The van der Waals surface area contributed by atoms with E-state index in [0.717, 1.165) is 5.56 Å². The fourth-order valence-electron chi connectivity index (χ4n) is 2.29. The van der Waals surface area contributed by atoms with Crippen molar-refractivity contribution in [3.05, 3.63) is 35.4 Å². The summed E-state index contributed by atoms with van der Waals surface area (Å²) >= 11 is 0. The van der Waals surface area contributed by atoms with Gasteiger partial charge in [0.1, 0.15) is 0 Å². The Labute approximate surface area is 129 Å². The highest BCUT2D eigenvalue weighted by Gasteiger charge is 2.18. The van der Waals surface area contributed by atoms with Crippen LogP contribution in [0, 0.1) is 5.92 Å². The lowest BCUT2D eigenvalue weighted by atomic mass is 9.86. The summed E-state index contributed by atoms with van der Waals surface area (Å²) < 4.78 is 0. The van der Waals surface area contributed by atoms with Crippen LogP contribution in [0.15, 0.2) is 24.3 Å². The summed E-state index contributed by atoms with van der Waals surface area (Å²) in [6, 6.07) is 7.97. The predicted molar refractivity (Wildman–Crippen MR) is 89.1 cm³/mol. The second kappa shape index (κ2) is 7.08. The highest BCUT2D eigenvalue weighted by molar-refractivity contribution is 5.81.